The summed E-state index contributed by atoms with van der Waals surface area (Å²) in [6, 6.07) is -0.350. The molecule has 0 saturated heterocycles. The van der Waals surface area contributed by atoms with Gasteiger partial charge in [0.2, 0.25) is 0 Å². The lowest BCUT2D eigenvalue weighted by Crippen LogP contribution is -2.39. The Morgan fingerprint density at radius 2 is 2.00 bits per heavy atom. The second-order valence-corrected chi connectivity index (χ2v) is 4.46. The molecule has 0 aliphatic heterocycles. The van der Waals surface area contributed by atoms with Crippen LogP contribution in [0.25, 0.3) is 0 Å². The number of carbonyl (C=O) groups is 1. The standard InChI is InChI=1S/C11H21NO2/c1-9(11(13)14)12(2)8-10-6-4-3-5-7-10/h9-10H,3-8H2,1-2H3,(H,13,14). The van der Waals surface area contributed by atoms with Gasteiger partial charge in [-0.2, -0.15) is 0 Å². The van der Waals surface area contributed by atoms with Crippen molar-refractivity contribution in [1.82, 2.24) is 4.90 Å². The third kappa shape index (κ3) is 3.29. The van der Waals surface area contributed by atoms with Crippen LogP contribution in [-0.2, 0) is 4.79 Å². The first kappa shape index (κ1) is 11.5. The van der Waals surface area contributed by atoms with Gasteiger partial charge in [-0.3, -0.25) is 9.69 Å². The molecule has 0 aromatic carbocycles. The van der Waals surface area contributed by atoms with Crippen LogP contribution in [-0.4, -0.2) is 35.6 Å². The number of hydrogen-bond acceptors (Lipinski definition) is 2. The Labute approximate surface area is 86.1 Å². The number of likely N-dealkylation sites (N-methyl/N-ethyl adjacent to an activating group) is 1. The summed E-state index contributed by atoms with van der Waals surface area (Å²) in [6.45, 7) is 2.69. The van der Waals surface area contributed by atoms with E-state index in [-0.39, 0.29) is 6.04 Å². The van der Waals surface area contributed by atoms with Gasteiger partial charge in [0.15, 0.2) is 0 Å². The Balaban J connectivity index is 2.31. The molecule has 0 bridgehead atoms. The summed E-state index contributed by atoms with van der Waals surface area (Å²) in [5.41, 5.74) is 0. The van der Waals surface area contributed by atoms with Gasteiger partial charge in [0, 0.05) is 6.54 Å². The molecular formula is C11H21NO2. The normalized spacial score (nSPS) is 21.1. The van der Waals surface area contributed by atoms with Gasteiger partial charge in [-0.1, -0.05) is 19.3 Å². The highest BCUT2D eigenvalue weighted by Gasteiger charge is 2.21. The lowest BCUT2D eigenvalue weighted by atomic mass is 9.89. The Bertz CT molecular complexity index is 188. The average molecular weight is 199 g/mol. The van der Waals surface area contributed by atoms with E-state index in [1.54, 1.807) is 6.92 Å². The fourth-order valence-electron chi connectivity index (χ4n) is 2.12. The minimum absolute atomic E-state index is 0.350. The summed E-state index contributed by atoms with van der Waals surface area (Å²) in [4.78, 5) is 12.7. The van der Waals surface area contributed by atoms with Crippen LogP contribution < -0.4 is 0 Å². The predicted molar refractivity (Wildman–Crippen MR) is 56.3 cm³/mol. The van der Waals surface area contributed by atoms with Crippen molar-refractivity contribution in [1.29, 1.82) is 0 Å². The van der Waals surface area contributed by atoms with Crippen LogP contribution in [0.5, 0.6) is 0 Å². The maximum Gasteiger partial charge on any atom is 0.320 e. The highest BCUT2D eigenvalue weighted by Crippen LogP contribution is 2.24. The van der Waals surface area contributed by atoms with Crippen LogP contribution in [0.2, 0.25) is 0 Å². The van der Waals surface area contributed by atoms with Crippen LogP contribution in [0, 0.1) is 5.92 Å². The quantitative estimate of drug-likeness (QED) is 0.752. The fourth-order valence-corrected chi connectivity index (χ4v) is 2.12. The van der Waals surface area contributed by atoms with Crippen molar-refractivity contribution in [3.63, 3.8) is 0 Å². The van der Waals surface area contributed by atoms with E-state index in [9.17, 15) is 4.79 Å². The van der Waals surface area contributed by atoms with Gasteiger partial charge in [0.05, 0.1) is 0 Å². The molecule has 0 radical (unpaired) electrons. The van der Waals surface area contributed by atoms with Crippen LogP contribution in [0.1, 0.15) is 39.0 Å². The molecular weight excluding hydrogens is 178 g/mol. The molecule has 1 unspecified atom stereocenters. The summed E-state index contributed by atoms with van der Waals surface area (Å²) in [5, 5.41) is 8.84. The second-order valence-electron chi connectivity index (χ2n) is 4.46. The molecule has 1 N–H and O–H groups in total. The zero-order chi connectivity index (χ0) is 10.6. The highest BCUT2D eigenvalue weighted by molar-refractivity contribution is 5.72. The SMILES string of the molecule is CC(C(=O)O)N(C)CC1CCCCC1. The zero-order valence-corrected chi connectivity index (χ0v) is 9.20. The third-order valence-electron chi connectivity index (χ3n) is 3.29. The van der Waals surface area contributed by atoms with E-state index in [4.69, 9.17) is 5.11 Å². The first-order valence-corrected chi connectivity index (χ1v) is 5.54. The molecule has 1 rings (SSSR count). The number of carboxylic acid groups (broad SMARTS) is 1. The van der Waals surface area contributed by atoms with E-state index >= 15 is 0 Å². The van der Waals surface area contributed by atoms with E-state index in [2.05, 4.69) is 0 Å². The van der Waals surface area contributed by atoms with E-state index < -0.39 is 5.97 Å². The largest absolute Gasteiger partial charge is 0.480 e. The average Bonchev–Trinajstić information content (AvgIpc) is 2.18. The number of rotatable bonds is 4. The summed E-state index contributed by atoms with van der Waals surface area (Å²) in [7, 11) is 1.91. The van der Waals surface area contributed by atoms with E-state index in [1.807, 2.05) is 11.9 Å². The van der Waals surface area contributed by atoms with Gasteiger partial charge in [-0.05, 0) is 32.7 Å². The molecule has 1 saturated carbocycles. The van der Waals surface area contributed by atoms with Gasteiger partial charge in [-0.15, -0.1) is 0 Å². The molecule has 0 aromatic rings. The Morgan fingerprint density at radius 1 is 1.43 bits per heavy atom. The van der Waals surface area contributed by atoms with Crippen molar-refractivity contribution in [2.45, 2.75) is 45.1 Å². The first-order chi connectivity index (χ1) is 6.61. The lowest BCUT2D eigenvalue weighted by Gasteiger charge is -2.29. The van der Waals surface area contributed by atoms with Crippen molar-refractivity contribution >= 4 is 5.97 Å². The highest BCUT2D eigenvalue weighted by atomic mass is 16.4. The Kier molecular flexibility index (Phi) is 4.39. The van der Waals surface area contributed by atoms with E-state index in [1.165, 1.54) is 32.1 Å². The Hall–Kier alpha value is -0.570. The number of hydrogen-bond donors (Lipinski definition) is 1. The van der Waals surface area contributed by atoms with Crippen LogP contribution in [0.4, 0.5) is 0 Å². The van der Waals surface area contributed by atoms with Crippen molar-refractivity contribution in [2.24, 2.45) is 5.92 Å². The van der Waals surface area contributed by atoms with Crippen LogP contribution in [0.15, 0.2) is 0 Å². The van der Waals surface area contributed by atoms with Gasteiger partial charge < -0.3 is 5.11 Å². The van der Waals surface area contributed by atoms with E-state index in [0.29, 0.717) is 0 Å². The van der Waals surface area contributed by atoms with Crippen molar-refractivity contribution in [3.05, 3.63) is 0 Å². The topological polar surface area (TPSA) is 40.5 Å². The molecule has 3 nitrogen and oxygen atoms in total. The predicted octanol–water partition coefficient (Wildman–Crippen LogP) is 1.97. The fraction of sp³-hybridized carbons (Fsp3) is 0.909. The molecule has 1 atom stereocenters. The maximum absolute atomic E-state index is 10.7. The second kappa shape index (κ2) is 5.35. The molecule has 82 valence electrons. The molecule has 0 aromatic heterocycles. The molecule has 0 spiro atoms. The Morgan fingerprint density at radius 3 is 2.50 bits per heavy atom. The van der Waals surface area contributed by atoms with Crippen LogP contribution in [0.3, 0.4) is 0 Å². The molecule has 1 fully saturated rings. The number of aliphatic carboxylic acids is 1. The third-order valence-corrected chi connectivity index (χ3v) is 3.29. The number of nitrogens with zero attached hydrogens (tertiary/aromatic N) is 1. The van der Waals surface area contributed by atoms with Gasteiger partial charge >= 0.3 is 5.97 Å². The van der Waals surface area contributed by atoms with Crippen LogP contribution >= 0.6 is 0 Å². The first-order valence-electron chi connectivity index (χ1n) is 5.54. The van der Waals surface area contributed by atoms with Crippen molar-refractivity contribution in [2.75, 3.05) is 13.6 Å². The summed E-state index contributed by atoms with van der Waals surface area (Å²) >= 11 is 0. The monoisotopic (exact) mass is 199 g/mol. The van der Waals surface area contributed by atoms with Gasteiger partial charge in [-0.25, -0.2) is 0 Å². The zero-order valence-electron chi connectivity index (χ0n) is 9.20. The molecule has 14 heavy (non-hydrogen) atoms. The minimum Gasteiger partial charge on any atom is -0.480 e. The molecule has 3 heteroatoms. The summed E-state index contributed by atoms with van der Waals surface area (Å²) in [6.07, 6.45) is 6.54. The molecule has 0 heterocycles. The minimum atomic E-state index is -0.719. The smallest absolute Gasteiger partial charge is 0.320 e. The summed E-state index contributed by atoms with van der Waals surface area (Å²) in [5.74, 6) is -0.00106. The molecule has 1 aliphatic carbocycles. The maximum atomic E-state index is 10.7. The van der Waals surface area contributed by atoms with Gasteiger partial charge in [0.25, 0.3) is 0 Å². The lowest BCUT2D eigenvalue weighted by molar-refractivity contribution is -0.142. The van der Waals surface area contributed by atoms with Crippen molar-refractivity contribution in [3.8, 4) is 0 Å². The number of carboxylic acids is 1. The summed E-state index contributed by atoms with van der Waals surface area (Å²) < 4.78 is 0. The van der Waals surface area contributed by atoms with Gasteiger partial charge in [0.1, 0.15) is 6.04 Å². The molecule has 1 aliphatic rings. The van der Waals surface area contributed by atoms with Crippen molar-refractivity contribution < 1.29 is 9.90 Å². The molecule has 0 amide bonds. The van der Waals surface area contributed by atoms with E-state index in [0.717, 1.165) is 12.5 Å².